The van der Waals surface area contributed by atoms with Crippen LogP contribution in [0.3, 0.4) is 0 Å². The van der Waals surface area contributed by atoms with E-state index < -0.39 is 18.0 Å². The first-order valence-corrected chi connectivity index (χ1v) is 12.3. The molecule has 0 saturated carbocycles. The molecule has 8 nitrogen and oxygen atoms in total. The summed E-state index contributed by atoms with van der Waals surface area (Å²) in [4.78, 5) is 28.6. The highest BCUT2D eigenvalue weighted by Gasteiger charge is 2.60. The molecule has 3 fully saturated rings. The summed E-state index contributed by atoms with van der Waals surface area (Å²) >= 11 is 1.55. The number of β-lactam (4-membered cyclic amide) rings is 1. The smallest absolute Gasteiger partial charge is 0.353 e. The van der Waals surface area contributed by atoms with Gasteiger partial charge in [0.2, 0.25) is 5.91 Å². The Hall–Kier alpha value is -1.58. The maximum absolute atomic E-state index is 12.4. The van der Waals surface area contributed by atoms with Gasteiger partial charge in [-0.1, -0.05) is 6.92 Å². The van der Waals surface area contributed by atoms with Crippen molar-refractivity contribution in [2.24, 2.45) is 11.8 Å². The average Bonchev–Trinajstić information content (AvgIpc) is 3.18. The number of carbonyl (C=O) groups excluding carboxylic acids is 1. The lowest BCUT2D eigenvalue weighted by atomic mass is 9.79. The fourth-order valence-corrected chi connectivity index (χ4v) is 7.22. The Morgan fingerprint density at radius 1 is 1.32 bits per heavy atom. The Bertz CT molecular complexity index is 801. The predicted octanol–water partition coefficient (Wildman–Crippen LogP) is 1.56. The van der Waals surface area contributed by atoms with Gasteiger partial charge in [-0.3, -0.25) is 10.2 Å². The second-order valence-electron chi connectivity index (χ2n) is 9.96. The van der Waals surface area contributed by atoms with E-state index in [1.54, 1.807) is 18.7 Å². The van der Waals surface area contributed by atoms with Gasteiger partial charge in [-0.05, 0) is 6.92 Å². The van der Waals surface area contributed by atoms with E-state index >= 15 is 0 Å². The van der Waals surface area contributed by atoms with Gasteiger partial charge < -0.3 is 24.5 Å². The lowest BCUT2D eigenvalue weighted by molar-refractivity contribution is -0.897. The van der Waals surface area contributed by atoms with E-state index in [0.29, 0.717) is 5.84 Å². The largest absolute Gasteiger partial charge is 0.477 e. The number of hydrogen-bond donors (Lipinski definition) is 3. The molecule has 9 heteroatoms. The zero-order chi connectivity index (χ0) is 22.5. The Morgan fingerprint density at radius 2 is 1.97 bits per heavy atom. The van der Waals surface area contributed by atoms with Crippen molar-refractivity contribution in [1.29, 1.82) is 5.41 Å². The van der Waals surface area contributed by atoms with Gasteiger partial charge in [-0.25, -0.2) is 4.79 Å². The molecule has 4 aliphatic heterocycles. The minimum atomic E-state index is -1.07. The Morgan fingerprint density at radius 3 is 2.55 bits per heavy atom. The van der Waals surface area contributed by atoms with E-state index in [-0.39, 0.29) is 28.8 Å². The van der Waals surface area contributed by atoms with Crippen molar-refractivity contribution in [3.63, 3.8) is 0 Å². The molecule has 0 aliphatic carbocycles. The number of carboxylic acids is 1. The van der Waals surface area contributed by atoms with Crippen LogP contribution in [0.4, 0.5) is 0 Å². The average molecular weight is 452 g/mol. The molecule has 0 radical (unpaired) electrons. The Kier molecular flexibility index (Phi) is 6.13. The fourth-order valence-electron chi connectivity index (χ4n) is 5.70. The molecule has 172 valence electrons. The van der Waals surface area contributed by atoms with Crippen LogP contribution in [-0.2, 0) is 9.59 Å². The molecule has 0 spiro atoms. The molecule has 4 heterocycles. The molecule has 0 aromatic heterocycles. The van der Waals surface area contributed by atoms with Crippen LogP contribution < -0.4 is 0 Å². The van der Waals surface area contributed by atoms with Gasteiger partial charge >= 0.3 is 5.97 Å². The summed E-state index contributed by atoms with van der Waals surface area (Å²) in [5.41, 5.74) is 0.0977. The van der Waals surface area contributed by atoms with Crippen LogP contribution >= 0.6 is 11.8 Å². The summed E-state index contributed by atoms with van der Waals surface area (Å²) in [6.45, 7) is 8.69. The molecule has 0 aromatic rings. The van der Waals surface area contributed by atoms with Crippen LogP contribution in [0.25, 0.3) is 0 Å². The van der Waals surface area contributed by atoms with Crippen LogP contribution in [0.5, 0.6) is 0 Å². The van der Waals surface area contributed by atoms with E-state index in [1.807, 2.05) is 6.92 Å². The monoisotopic (exact) mass is 451 g/mol. The number of aliphatic hydroxyl groups is 1. The van der Waals surface area contributed by atoms with Crippen molar-refractivity contribution < 1.29 is 24.3 Å². The number of quaternary nitrogens is 1. The highest BCUT2D eigenvalue weighted by Crippen LogP contribution is 2.51. The summed E-state index contributed by atoms with van der Waals surface area (Å²) in [7, 11) is 2.32. The number of hydrogen-bond acceptors (Lipinski definition) is 5. The molecular weight excluding hydrogens is 416 g/mol. The van der Waals surface area contributed by atoms with Crippen molar-refractivity contribution in [3.05, 3.63) is 10.6 Å². The molecule has 4 rings (SSSR count). The molecule has 0 bridgehead atoms. The van der Waals surface area contributed by atoms with Gasteiger partial charge in [0.1, 0.15) is 5.70 Å². The number of fused-ring (bicyclic) bond motifs is 1. The number of aliphatic carboxylic acids is 1. The molecule has 4 aliphatic rings. The highest BCUT2D eigenvalue weighted by atomic mass is 32.2. The Balaban J connectivity index is 1.30. The van der Waals surface area contributed by atoms with Gasteiger partial charge in [0, 0.05) is 54.8 Å². The van der Waals surface area contributed by atoms with Gasteiger partial charge in [-0.2, -0.15) is 0 Å². The molecule has 0 aromatic carbocycles. The minimum Gasteiger partial charge on any atom is -0.477 e. The van der Waals surface area contributed by atoms with Crippen molar-refractivity contribution in [3.8, 4) is 0 Å². The lowest BCUT2D eigenvalue weighted by Crippen LogP contribution is -2.63. The standard InChI is InChI=1S/C22H34N4O4S/c1-13-18-17(14(2)27)21(28)25(18)19(22(29)30)20(13)31-15-11-24(12-15)16(23)7-6-10-26(3)8-4-5-9-26/h13-15,17-18,23,27H,4-12H2,1-3H3/p+1/t13-,14-,17-,18-/m1/s1. The van der Waals surface area contributed by atoms with E-state index in [4.69, 9.17) is 5.41 Å². The Labute approximate surface area is 188 Å². The topological polar surface area (TPSA) is 105 Å². The summed E-state index contributed by atoms with van der Waals surface area (Å²) < 4.78 is 1.14. The van der Waals surface area contributed by atoms with Crippen LogP contribution in [-0.4, -0.2) is 99.4 Å². The third-order valence-corrected chi connectivity index (χ3v) is 9.04. The predicted molar refractivity (Wildman–Crippen MR) is 120 cm³/mol. The van der Waals surface area contributed by atoms with Crippen LogP contribution in [0.1, 0.15) is 39.5 Å². The number of thioether (sulfide) groups is 1. The van der Waals surface area contributed by atoms with E-state index in [9.17, 15) is 19.8 Å². The number of aliphatic hydroxyl groups excluding tert-OH is 1. The molecule has 3 saturated heterocycles. The number of rotatable bonds is 8. The number of nitrogens with zero attached hydrogens (tertiary/aromatic N) is 3. The van der Waals surface area contributed by atoms with Crippen LogP contribution in [0, 0.1) is 17.2 Å². The lowest BCUT2D eigenvalue weighted by Gasteiger charge is -2.46. The summed E-state index contributed by atoms with van der Waals surface area (Å²) in [5, 5.41) is 28.3. The summed E-state index contributed by atoms with van der Waals surface area (Å²) in [6, 6.07) is -0.259. The molecule has 3 N–H and O–H groups in total. The second-order valence-corrected chi connectivity index (χ2v) is 11.3. The zero-order valence-electron chi connectivity index (χ0n) is 18.7. The SMILES string of the molecule is C[C@@H](O)[C@H]1C(=O)N2C(C(=O)O)=C(SC3CN(C(=N)CCC[N+]4(C)CCCC4)C3)[C@H](C)[C@H]12. The normalized spacial score (nSPS) is 30.8. The fraction of sp³-hybridized carbons (Fsp3) is 0.773. The van der Waals surface area contributed by atoms with Gasteiger partial charge in [0.05, 0.1) is 50.6 Å². The zero-order valence-corrected chi connectivity index (χ0v) is 19.5. The molecule has 31 heavy (non-hydrogen) atoms. The maximum atomic E-state index is 12.4. The van der Waals surface area contributed by atoms with Crippen molar-refractivity contribution in [2.75, 3.05) is 39.8 Å². The molecule has 4 atom stereocenters. The maximum Gasteiger partial charge on any atom is 0.353 e. The van der Waals surface area contributed by atoms with Crippen LogP contribution in [0.2, 0.25) is 0 Å². The third kappa shape index (κ3) is 4.00. The van der Waals surface area contributed by atoms with Crippen molar-refractivity contribution in [1.82, 2.24) is 9.80 Å². The number of amides is 1. The summed E-state index contributed by atoms with van der Waals surface area (Å²) in [5.74, 6) is -1.29. The molecule has 0 unspecified atom stereocenters. The molecular formula is C22H35N4O4S+. The van der Waals surface area contributed by atoms with Gasteiger partial charge in [0.15, 0.2) is 0 Å². The van der Waals surface area contributed by atoms with E-state index in [2.05, 4.69) is 11.9 Å². The van der Waals surface area contributed by atoms with E-state index in [1.165, 1.54) is 30.8 Å². The van der Waals surface area contributed by atoms with Crippen molar-refractivity contribution in [2.45, 2.75) is 56.9 Å². The first-order valence-electron chi connectivity index (χ1n) is 11.4. The number of carboxylic acid groups (broad SMARTS) is 1. The number of amidine groups is 1. The first-order chi connectivity index (χ1) is 14.6. The summed E-state index contributed by atoms with van der Waals surface area (Å²) in [6.07, 6.45) is 3.68. The van der Waals surface area contributed by atoms with E-state index in [0.717, 1.165) is 41.9 Å². The quantitative estimate of drug-likeness (QED) is 0.224. The number of nitrogens with one attached hydrogen (secondary N) is 1. The minimum absolute atomic E-state index is 0.0909. The number of carbonyl (C=O) groups is 2. The third-order valence-electron chi connectivity index (χ3n) is 7.59. The number of likely N-dealkylation sites (tertiary alicyclic amines) is 2. The highest BCUT2D eigenvalue weighted by molar-refractivity contribution is 8.03. The van der Waals surface area contributed by atoms with Crippen LogP contribution in [0.15, 0.2) is 10.6 Å². The van der Waals surface area contributed by atoms with Gasteiger partial charge in [0.25, 0.3) is 0 Å². The first kappa shape index (κ1) is 22.6. The second kappa shape index (κ2) is 8.41. The van der Waals surface area contributed by atoms with Crippen molar-refractivity contribution >= 4 is 29.5 Å². The van der Waals surface area contributed by atoms with Gasteiger partial charge in [-0.15, -0.1) is 11.8 Å². The molecule has 1 amide bonds.